The van der Waals surface area contributed by atoms with Crippen LogP contribution < -0.4 is 21.4 Å². The van der Waals surface area contributed by atoms with Crippen LogP contribution in [-0.4, -0.2) is 61.9 Å². The molecular formula is C35H49N3O9. The normalized spacial score (nSPS) is 16.3. The number of rotatable bonds is 20. The molecule has 12 nitrogen and oxygen atoms in total. The second-order valence-electron chi connectivity index (χ2n) is 11.1. The molecule has 0 fully saturated rings. The minimum Gasteiger partial charge on any atom is -0.439 e. The van der Waals surface area contributed by atoms with E-state index < -0.39 is 42.2 Å². The first-order chi connectivity index (χ1) is 22.3. The van der Waals surface area contributed by atoms with Crippen molar-refractivity contribution in [3.05, 3.63) is 88.8 Å². The van der Waals surface area contributed by atoms with Crippen molar-refractivity contribution in [3.8, 4) is 5.75 Å². The van der Waals surface area contributed by atoms with Gasteiger partial charge in [-0.15, -0.1) is 0 Å². The molecule has 5 unspecified atom stereocenters. The molecule has 0 aliphatic rings. The number of hydrogen-bond donors (Lipinski definition) is 4. The van der Waals surface area contributed by atoms with Gasteiger partial charge in [-0.05, 0) is 56.4 Å². The lowest BCUT2D eigenvalue weighted by Crippen LogP contribution is -2.35. The van der Waals surface area contributed by atoms with Crippen LogP contribution in [0.4, 0.5) is 4.79 Å². The molecule has 2 amide bonds. The highest BCUT2D eigenvalue weighted by molar-refractivity contribution is 6.08. The number of primary amides is 1. The molecule has 0 aliphatic heterocycles. The van der Waals surface area contributed by atoms with Crippen molar-refractivity contribution >= 4 is 24.1 Å². The van der Waals surface area contributed by atoms with Gasteiger partial charge in [0.1, 0.15) is 11.8 Å². The maximum absolute atomic E-state index is 13.3. The molecule has 1 aromatic carbocycles. The number of nitrogens with one attached hydrogen (secondary N) is 2. The third-order valence-electron chi connectivity index (χ3n) is 7.20. The summed E-state index contributed by atoms with van der Waals surface area (Å²) in [7, 11) is 2.77. The number of allylic oxidation sites excluding steroid dienone is 5. The zero-order valence-electron chi connectivity index (χ0n) is 28.4. The summed E-state index contributed by atoms with van der Waals surface area (Å²) in [5.74, 6) is -0.822. The first-order valence-electron chi connectivity index (χ1n) is 15.2. The Hall–Kier alpha value is -4.52. The van der Waals surface area contributed by atoms with Crippen molar-refractivity contribution in [1.82, 2.24) is 10.8 Å². The molecular weight excluding hydrogens is 606 g/mol. The number of carbonyl (C=O) groups excluding carboxylic acids is 4. The van der Waals surface area contributed by atoms with Gasteiger partial charge in [0, 0.05) is 31.8 Å². The van der Waals surface area contributed by atoms with Gasteiger partial charge in [-0.3, -0.25) is 14.4 Å². The van der Waals surface area contributed by atoms with Gasteiger partial charge < -0.3 is 35.2 Å². The predicted molar refractivity (Wildman–Crippen MR) is 178 cm³/mol. The fraction of sp³-hybridized carbons (Fsp3) is 0.429. The van der Waals surface area contributed by atoms with E-state index in [4.69, 9.17) is 24.8 Å². The van der Waals surface area contributed by atoms with Crippen molar-refractivity contribution in [1.29, 1.82) is 0 Å². The van der Waals surface area contributed by atoms with Crippen LogP contribution in [0.2, 0.25) is 0 Å². The number of ketones is 1. The molecule has 0 spiro atoms. The van der Waals surface area contributed by atoms with Crippen molar-refractivity contribution in [2.75, 3.05) is 14.2 Å². The molecule has 5 N–H and O–H groups in total. The molecule has 0 heterocycles. The minimum atomic E-state index is -1.07. The number of aliphatic hydroxyl groups is 1. The molecule has 0 radical (unpaired) electrons. The van der Waals surface area contributed by atoms with Gasteiger partial charge >= 0.3 is 6.09 Å². The van der Waals surface area contributed by atoms with E-state index in [2.05, 4.69) is 24.6 Å². The SMILES string of the molecule is CCC(C)C/C(C)=C(\NOc1ccccc1)C(=O)/C=C(\C=O)NC(=O)/C(C)=C/C=C\C(OC)C(OC(N)=O)/C(C)=C/C(C)C(O)OC. The standard InChI is InChI=1S/C35H49N3O9/c1-9-22(2)18-24(4)31(38-47-28-15-11-10-12-16-28)29(40)20-27(21-39)37-33(41)23(3)14-13-17-30(44-7)32(46-35(36)43)25(5)19-26(6)34(42)45-8/h10-17,19-22,26,30,32,34,38,42H,9,18H2,1-8H3,(H2,36,43)(H,37,41)/b17-13-,23-14+,25-19+,27-20+,31-24-. The number of ether oxygens (including phenoxy) is 3. The molecule has 0 saturated carbocycles. The average Bonchev–Trinajstić information content (AvgIpc) is 3.05. The number of aliphatic hydroxyl groups excluding tert-OH is 1. The Morgan fingerprint density at radius 1 is 1.04 bits per heavy atom. The molecule has 5 atom stereocenters. The number of nitrogens with two attached hydrogens (primary N) is 1. The third-order valence-corrected chi connectivity index (χ3v) is 7.20. The Kier molecular flexibility index (Phi) is 18.4. The molecule has 0 aromatic heterocycles. The number of methoxy groups -OCH3 is 2. The number of para-hydroxylation sites is 1. The summed E-state index contributed by atoms with van der Waals surface area (Å²) in [4.78, 5) is 55.3. The lowest BCUT2D eigenvalue weighted by atomic mass is 9.97. The van der Waals surface area contributed by atoms with Gasteiger partial charge in [-0.1, -0.05) is 69.7 Å². The summed E-state index contributed by atoms with van der Waals surface area (Å²) in [6.45, 7) is 10.8. The molecule has 1 rings (SSSR count). The van der Waals surface area contributed by atoms with Gasteiger partial charge in [-0.25, -0.2) is 10.3 Å². The van der Waals surface area contributed by atoms with E-state index in [0.29, 0.717) is 29.9 Å². The van der Waals surface area contributed by atoms with Crippen LogP contribution in [0.1, 0.15) is 54.4 Å². The molecule has 0 saturated heterocycles. The quantitative estimate of drug-likeness (QED) is 0.0389. The minimum absolute atomic E-state index is 0.159. The van der Waals surface area contributed by atoms with E-state index in [1.807, 2.05) is 6.07 Å². The van der Waals surface area contributed by atoms with E-state index in [-0.39, 0.29) is 17.0 Å². The zero-order chi connectivity index (χ0) is 35.5. The van der Waals surface area contributed by atoms with Crippen molar-refractivity contribution in [2.24, 2.45) is 17.6 Å². The Morgan fingerprint density at radius 3 is 2.26 bits per heavy atom. The van der Waals surface area contributed by atoms with Crippen LogP contribution in [0.15, 0.2) is 88.8 Å². The molecule has 0 aliphatic carbocycles. The average molecular weight is 656 g/mol. The monoisotopic (exact) mass is 655 g/mol. The van der Waals surface area contributed by atoms with E-state index in [1.165, 1.54) is 33.3 Å². The number of hydroxylamine groups is 1. The summed E-state index contributed by atoms with van der Waals surface area (Å²) >= 11 is 0. The van der Waals surface area contributed by atoms with Gasteiger partial charge in [0.05, 0.1) is 5.70 Å². The van der Waals surface area contributed by atoms with Crippen LogP contribution in [0.25, 0.3) is 0 Å². The van der Waals surface area contributed by atoms with Gasteiger partial charge in [-0.2, -0.15) is 0 Å². The van der Waals surface area contributed by atoms with E-state index in [9.17, 15) is 24.3 Å². The Balaban J connectivity index is 3.17. The maximum Gasteiger partial charge on any atom is 0.405 e. The largest absolute Gasteiger partial charge is 0.439 e. The van der Waals surface area contributed by atoms with E-state index in [1.54, 1.807) is 57.2 Å². The van der Waals surface area contributed by atoms with Crippen LogP contribution in [0, 0.1) is 11.8 Å². The van der Waals surface area contributed by atoms with Crippen LogP contribution in [-0.2, 0) is 28.6 Å². The Morgan fingerprint density at radius 2 is 1.70 bits per heavy atom. The van der Waals surface area contributed by atoms with Gasteiger partial charge in [0.2, 0.25) is 5.78 Å². The number of aldehydes is 1. The molecule has 47 heavy (non-hydrogen) atoms. The number of amides is 2. The second kappa shape index (κ2) is 21.3. The Bertz CT molecular complexity index is 1350. The topological polar surface area (TPSA) is 176 Å². The van der Waals surface area contributed by atoms with Gasteiger partial charge in [0.25, 0.3) is 5.91 Å². The zero-order valence-corrected chi connectivity index (χ0v) is 28.4. The fourth-order valence-corrected chi connectivity index (χ4v) is 4.30. The Labute approximate surface area is 277 Å². The van der Waals surface area contributed by atoms with E-state index in [0.717, 1.165) is 18.1 Å². The molecule has 0 bridgehead atoms. The summed E-state index contributed by atoms with van der Waals surface area (Å²) in [6.07, 6.45) is 5.27. The first-order valence-corrected chi connectivity index (χ1v) is 15.2. The smallest absolute Gasteiger partial charge is 0.405 e. The molecule has 12 heteroatoms. The number of carbonyl (C=O) groups is 4. The molecule has 258 valence electrons. The van der Waals surface area contributed by atoms with Gasteiger partial charge in [0.15, 0.2) is 24.4 Å². The summed E-state index contributed by atoms with van der Waals surface area (Å²) in [5.41, 5.74) is 9.39. The first kappa shape index (κ1) is 40.5. The van der Waals surface area contributed by atoms with Crippen LogP contribution in [0.3, 0.4) is 0 Å². The highest BCUT2D eigenvalue weighted by Crippen LogP contribution is 2.20. The summed E-state index contributed by atoms with van der Waals surface area (Å²) < 4.78 is 15.7. The second-order valence-corrected chi connectivity index (χ2v) is 11.1. The molecule has 1 aromatic rings. The number of hydrogen-bond acceptors (Lipinski definition) is 10. The lowest BCUT2D eigenvalue weighted by Gasteiger charge is -2.25. The van der Waals surface area contributed by atoms with E-state index >= 15 is 0 Å². The summed E-state index contributed by atoms with van der Waals surface area (Å²) in [5, 5.41) is 12.4. The fourth-order valence-electron chi connectivity index (χ4n) is 4.30. The highest BCUT2D eigenvalue weighted by Gasteiger charge is 2.25. The van der Waals surface area contributed by atoms with Crippen LogP contribution >= 0.6 is 0 Å². The highest BCUT2D eigenvalue weighted by atomic mass is 16.6. The number of benzene rings is 1. The van der Waals surface area contributed by atoms with Crippen molar-refractivity contribution < 1.29 is 43.3 Å². The maximum atomic E-state index is 13.3. The lowest BCUT2D eigenvalue weighted by molar-refractivity contribution is -0.118. The van der Waals surface area contributed by atoms with Crippen LogP contribution in [0.5, 0.6) is 5.75 Å². The van der Waals surface area contributed by atoms with Crippen molar-refractivity contribution in [3.63, 3.8) is 0 Å². The van der Waals surface area contributed by atoms with Crippen molar-refractivity contribution in [2.45, 2.75) is 72.9 Å². The predicted octanol–water partition coefficient (Wildman–Crippen LogP) is 4.58. The summed E-state index contributed by atoms with van der Waals surface area (Å²) in [6, 6.07) is 8.86. The third kappa shape index (κ3) is 14.6.